The summed E-state index contributed by atoms with van der Waals surface area (Å²) in [5.41, 5.74) is 0.466. The Morgan fingerprint density at radius 1 is 1.18 bits per heavy atom. The molecule has 2 heteroatoms. The molecule has 2 heterocycles. The molecule has 0 aromatic heterocycles. The van der Waals surface area contributed by atoms with Crippen molar-refractivity contribution in [2.45, 2.75) is 70.3 Å². The van der Waals surface area contributed by atoms with Gasteiger partial charge in [0.2, 0.25) is 0 Å². The highest BCUT2D eigenvalue weighted by Crippen LogP contribution is 2.33. The largest absolute Gasteiger partial charge is 0.381 e. The average Bonchev–Trinajstić information content (AvgIpc) is 2.57. The first kappa shape index (κ1) is 13.4. The topological polar surface area (TPSA) is 21.3 Å². The van der Waals surface area contributed by atoms with Crippen LogP contribution in [0.4, 0.5) is 0 Å². The van der Waals surface area contributed by atoms with E-state index in [1.165, 1.54) is 64.3 Å². The van der Waals surface area contributed by atoms with Crippen molar-refractivity contribution in [3.8, 4) is 0 Å². The molecule has 2 nitrogen and oxygen atoms in total. The van der Waals surface area contributed by atoms with Crippen LogP contribution in [0.25, 0.3) is 0 Å². The van der Waals surface area contributed by atoms with E-state index in [0.717, 1.165) is 19.1 Å². The van der Waals surface area contributed by atoms with E-state index in [-0.39, 0.29) is 0 Å². The summed E-state index contributed by atoms with van der Waals surface area (Å²) in [6.07, 6.45) is 12.3. The van der Waals surface area contributed by atoms with Crippen molar-refractivity contribution < 1.29 is 4.74 Å². The van der Waals surface area contributed by atoms with Gasteiger partial charge in [-0.15, -0.1) is 0 Å². The minimum atomic E-state index is 0.466. The molecule has 1 atom stereocenters. The van der Waals surface area contributed by atoms with Crippen molar-refractivity contribution in [3.05, 3.63) is 0 Å². The van der Waals surface area contributed by atoms with Crippen molar-refractivity contribution in [2.75, 3.05) is 19.8 Å². The molecule has 1 unspecified atom stereocenters. The van der Waals surface area contributed by atoms with Gasteiger partial charge < -0.3 is 10.1 Å². The zero-order valence-corrected chi connectivity index (χ0v) is 11.5. The maximum absolute atomic E-state index is 5.49. The molecule has 2 aliphatic rings. The van der Waals surface area contributed by atoms with Crippen LogP contribution < -0.4 is 5.32 Å². The lowest BCUT2D eigenvalue weighted by atomic mass is 9.78. The summed E-state index contributed by atoms with van der Waals surface area (Å²) < 4.78 is 5.49. The van der Waals surface area contributed by atoms with E-state index in [9.17, 15) is 0 Å². The van der Waals surface area contributed by atoms with Crippen LogP contribution in [0.3, 0.4) is 0 Å². The first-order valence-corrected chi connectivity index (χ1v) is 7.67. The van der Waals surface area contributed by atoms with Gasteiger partial charge in [0.15, 0.2) is 0 Å². The average molecular weight is 239 g/mol. The second kappa shape index (κ2) is 6.75. The third kappa shape index (κ3) is 3.96. The van der Waals surface area contributed by atoms with E-state index < -0.39 is 0 Å². The van der Waals surface area contributed by atoms with Crippen molar-refractivity contribution >= 4 is 0 Å². The molecule has 0 amide bonds. The third-order valence-electron chi connectivity index (χ3n) is 4.58. The lowest BCUT2D eigenvalue weighted by Crippen LogP contribution is -2.46. The summed E-state index contributed by atoms with van der Waals surface area (Å²) in [5, 5.41) is 3.90. The third-order valence-corrected chi connectivity index (χ3v) is 4.58. The van der Waals surface area contributed by atoms with Crippen molar-refractivity contribution in [1.29, 1.82) is 0 Å². The Morgan fingerprint density at radius 2 is 2.00 bits per heavy atom. The van der Waals surface area contributed by atoms with Gasteiger partial charge in [-0.3, -0.25) is 0 Å². The Bertz CT molecular complexity index is 203. The van der Waals surface area contributed by atoms with E-state index in [0.29, 0.717) is 5.54 Å². The molecule has 1 N–H and O–H groups in total. The number of rotatable bonds is 4. The quantitative estimate of drug-likeness (QED) is 0.810. The second-order valence-corrected chi connectivity index (χ2v) is 6.03. The molecule has 0 radical (unpaired) electrons. The minimum absolute atomic E-state index is 0.466. The van der Waals surface area contributed by atoms with E-state index in [2.05, 4.69) is 12.2 Å². The molecule has 2 rings (SSSR count). The highest BCUT2D eigenvalue weighted by molar-refractivity contribution is 4.91. The van der Waals surface area contributed by atoms with Crippen molar-refractivity contribution in [1.82, 2.24) is 5.32 Å². The fourth-order valence-corrected chi connectivity index (χ4v) is 3.68. The van der Waals surface area contributed by atoms with Crippen LogP contribution in [0.1, 0.15) is 64.7 Å². The SMILES string of the molecule is CCCC1(CC2CCOCC2)CCCCCN1. The summed E-state index contributed by atoms with van der Waals surface area (Å²) in [7, 11) is 0. The number of ether oxygens (including phenoxy) is 1. The molecule has 0 aliphatic carbocycles. The molecule has 0 aromatic carbocycles. The molecular formula is C15H29NO. The molecule has 0 aromatic rings. The van der Waals surface area contributed by atoms with Gasteiger partial charge in [-0.1, -0.05) is 26.2 Å². The van der Waals surface area contributed by atoms with E-state index in [1.54, 1.807) is 0 Å². The fraction of sp³-hybridized carbons (Fsp3) is 1.00. The van der Waals surface area contributed by atoms with E-state index in [4.69, 9.17) is 4.74 Å². The first-order chi connectivity index (χ1) is 8.35. The summed E-state index contributed by atoms with van der Waals surface area (Å²) >= 11 is 0. The highest BCUT2D eigenvalue weighted by atomic mass is 16.5. The van der Waals surface area contributed by atoms with Crippen molar-refractivity contribution in [3.63, 3.8) is 0 Å². The van der Waals surface area contributed by atoms with Crippen LogP contribution in [-0.4, -0.2) is 25.3 Å². The summed E-state index contributed by atoms with van der Waals surface area (Å²) in [6.45, 7) is 5.56. The molecule has 2 fully saturated rings. The molecule has 17 heavy (non-hydrogen) atoms. The van der Waals surface area contributed by atoms with Gasteiger partial charge in [0.25, 0.3) is 0 Å². The van der Waals surface area contributed by atoms with Gasteiger partial charge >= 0.3 is 0 Å². The van der Waals surface area contributed by atoms with Crippen LogP contribution in [-0.2, 0) is 4.74 Å². The fourth-order valence-electron chi connectivity index (χ4n) is 3.68. The first-order valence-electron chi connectivity index (χ1n) is 7.67. The smallest absolute Gasteiger partial charge is 0.0468 e. The molecule has 0 saturated carbocycles. The lowest BCUT2D eigenvalue weighted by molar-refractivity contribution is 0.0509. The van der Waals surface area contributed by atoms with Gasteiger partial charge in [0.05, 0.1) is 0 Å². The Hall–Kier alpha value is -0.0800. The second-order valence-electron chi connectivity index (χ2n) is 6.03. The molecule has 100 valence electrons. The van der Waals surface area contributed by atoms with Gasteiger partial charge in [-0.05, 0) is 51.0 Å². The Balaban J connectivity index is 1.93. The Labute approximate surface area is 107 Å². The Morgan fingerprint density at radius 3 is 2.76 bits per heavy atom. The highest BCUT2D eigenvalue weighted by Gasteiger charge is 2.32. The van der Waals surface area contributed by atoms with Crippen LogP contribution in [0.2, 0.25) is 0 Å². The molecule has 2 saturated heterocycles. The zero-order valence-electron chi connectivity index (χ0n) is 11.5. The summed E-state index contributed by atoms with van der Waals surface area (Å²) in [6, 6.07) is 0. The number of nitrogens with one attached hydrogen (secondary N) is 1. The normalized spacial score (nSPS) is 32.3. The van der Waals surface area contributed by atoms with E-state index >= 15 is 0 Å². The van der Waals surface area contributed by atoms with Crippen LogP contribution in [0.15, 0.2) is 0 Å². The number of hydrogen-bond donors (Lipinski definition) is 1. The summed E-state index contributed by atoms with van der Waals surface area (Å²) in [5.74, 6) is 0.904. The lowest BCUT2D eigenvalue weighted by Gasteiger charge is -2.38. The molecular weight excluding hydrogens is 210 g/mol. The van der Waals surface area contributed by atoms with Gasteiger partial charge in [-0.25, -0.2) is 0 Å². The molecule has 2 aliphatic heterocycles. The van der Waals surface area contributed by atoms with Crippen LogP contribution >= 0.6 is 0 Å². The Kier molecular flexibility index (Phi) is 5.30. The van der Waals surface area contributed by atoms with E-state index in [1.807, 2.05) is 0 Å². The zero-order chi connectivity index (χ0) is 12.0. The van der Waals surface area contributed by atoms with Gasteiger partial charge in [0.1, 0.15) is 0 Å². The molecule has 0 bridgehead atoms. The van der Waals surface area contributed by atoms with Gasteiger partial charge in [0, 0.05) is 18.8 Å². The predicted molar refractivity (Wildman–Crippen MR) is 72.3 cm³/mol. The monoisotopic (exact) mass is 239 g/mol. The maximum atomic E-state index is 5.49. The van der Waals surface area contributed by atoms with Crippen molar-refractivity contribution in [2.24, 2.45) is 5.92 Å². The minimum Gasteiger partial charge on any atom is -0.381 e. The maximum Gasteiger partial charge on any atom is 0.0468 e. The number of hydrogen-bond acceptors (Lipinski definition) is 2. The van der Waals surface area contributed by atoms with Crippen LogP contribution in [0, 0.1) is 5.92 Å². The van der Waals surface area contributed by atoms with Crippen LogP contribution in [0.5, 0.6) is 0 Å². The molecule has 0 spiro atoms. The predicted octanol–water partition coefficient (Wildman–Crippen LogP) is 3.51. The standard InChI is InChI=1S/C15H29NO/c1-2-8-15(9-4-3-5-10-16-15)13-14-6-11-17-12-7-14/h14,16H,2-13H2,1H3. The summed E-state index contributed by atoms with van der Waals surface area (Å²) in [4.78, 5) is 0. The van der Waals surface area contributed by atoms with Gasteiger partial charge in [-0.2, -0.15) is 0 Å².